The molecule has 0 radical (unpaired) electrons. The summed E-state index contributed by atoms with van der Waals surface area (Å²) in [4.78, 5) is 0. The van der Waals surface area contributed by atoms with Crippen molar-refractivity contribution >= 4 is 0 Å². The number of hydrogen-bond donors (Lipinski definition) is 3. The van der Waals surface area contributed by atoms with Crippen molar-refractivity contribution in [2.75, 3.05) is 19.8 Å². The molecule has 0 bridgehead atoms. The molecule has 3 N–H and O–H groups in total. The summed E-state index contributed by atoms with van der Waals surface area (Å²) < 4.78 is 10.8. The fourth-order valence-electron chi connectivity index (χ4n) is 3.45. The maximum Gasteiger partial charge on any atom is 0.114 e. The molecule has 4 atom stereocenters. The maximum atomic E-state index is 10.0. The standard InChI is InChI=1S/C22H42O5/c1-2-3-4-5-6-7-8-9-10-11-12-13-14-15-16-26-22-19(24)18-27-20(17-23)21(22)25/h4-5,19-25H,2-3,6-18H2,1H3/b5-4+/t19-,20+,21+,22+/m1/s1. The molecule has 1 rings (SSSR count). The molecule has 1 aliphatic heterocycles. The number of ether oxygens (including phenoxy) is 2. The van der Waals surface area contributed by atoms with Crippen LogP contribution in [0.25, 0.3) is 0 Å². The highest BCUT2D eigenvalue weighted by Gasteiger charge is 2.38. The second-order valence-electron chi connectivity index (χ2n) is 7.68. The summed E-state index contributed by atoms with van der Waals surface area (Å²) in [6.45, 7) is 2.58. The number of hydrogen-bond acceptors (Lipinski definition) is 5. The molecule has 0 unspecified atom stereocenters. The van der Waals surface area contributed by atoms with Crippen LogP contribution < -0.4 is 0 Å². The summed E-state index contributed by atoms with van der Waals surface area (Å²) in [5, 5.41) is 29.1. The zero-order chi connectivity index (χ0) is 19.7. The summed E-state index contributed by atoms with van der Waals surface area (Å²) in [7, 11) is 0. The first-order valence-electron chi connectivity index (χ1n) is 11.1. The van der Waals surface area contributed by atoms with Crippen molar-refractivity contribution in [1.29, 1.82) is 0 Å². The Morgan fingerprint density at radius 3 is 2.11 bits per heavy atom. The molecule has 1 heterocycles. The van der Waals surface area contributed by atoms with Gasteiger partial charge in [-0.3, -0.25) is 0 Å². The van der Waals surface area contributed by atoms with Crippen molar-refractivity contribution in [3.63, 3.8) is 0 Å². The molecular formula is C22H42O5. The van der Waals surface area contributed by atoms with Gasteiger partial charge < -0.3 is 24.8 Å². The monoisotopic (exact) mass is 386 g/mol. The zero-order valence-corrected chi connectivity index (χ0v) is 17.2. The van der Waals surface area contributed by atoms with Gasteiger partial charge in [-0.2, -0.15) is 0 Å². The van der Waals surface area contributed by atoms with Crippen LogP contribution in [0.5, 0.6) is 0 Å². The molecule has 5 nitrogen and oxygen atoms in total. The predicted octanol–water partition coefficient (Wildman–Crippen LogP) is 3.74. The first-order chi connectivity index (χ1) is 13.2. The van der Waals surface area contributed by atoms with Crippen molar-refractivity contribution in [3.8, 4) is 0 Å². The van der Waals surface area contributed by atoms with E-state index in [0.717, 1.165) is 12.8 Å². The third kappa shape index (κ3) is 11.2. The number of aliphatic hydroxyl groups excluding tert-OH is 3. The highest BCUT2D eigenvalue weighted by molar-refractivity contribution is 4.87. The number of unbranched alkanes of at least 4 members (excludes halogenated alkanes) is 10. The van der Waals surface area contributed by atoms with E-state index >= 15 is 0 Å². The Balaban J connectivity index is 1.89. The summed E-state index contributed by atoms with van der Waals surface area (Å²) in [5.74, 6) is 0. The van der Waals surface area contributed by atoms with Crippen LogP contribution in [0.15, 0.2) is 12.2 Å². The fourth-order valence-corrected chi connectivity index (χ4v) is 3.45. The minimum absolute atomic E-state index is 0.0992. The second kappa shape index (κ2) is 16.5. The van der Waals surface area contributed by atoms with E-state index in [1.807, 2.05) is 0 Å². The van der Waals surface area contributed by atoms with E-state index in [4.69, 9.17) is 14.6 Å². The predicted molar refractivity (Wildman–Crippen MR) is 109 cm³/mol. The topological polar surface area (TPSA) is 79.2 Å². The van der Waals surface area contributed by atoms with Crippen molar-refractivity contribution in [2.24, 2.45) is 0 Å². The van der Waals surface area contributed by atoms with Gasteiger partial charge in [0.2, 0.25) is 0 Å². The second-order valence-corrected chi connectivity index (χ2v) is 7.68. The lowest BCUT2D eigenvalue weighted by Crippen LogP contribution is -2.55. The smallest absolute Gasteiger partial charge is 0.114 e. The highest BCUT2D eigenvalue weighted by atomic mass is 16.6. The lowest BCUT2D eigenvalue weighted by Gasteiger charge is -2.37. The van der Waals surface area contributed by atoms with Gasteiger partial charge in [-0.1, -0.05) is 70.4 Å². The van der Waals surface area contributed by atoms with Crippen molar-refractivity contribution in [2.45, 2.75) is 108 Å². The molecule has 160 valence electrons. The van der Waals surface area contributed by atoms with Gasteiger partial charge in [0.25, 0.3) is 0 Å². The molecule has 0 saturated carbocycles. The Bertz CT molecular complexity index is 361. The van der Waals surface area contributed by atoms with Crippen LogP contribution in [0, 0.1) is 0 Å². The Labute approximate surface area is 165 Å². The molecule has 0 amide bonds. The maximum absolute atomic E-state index is 10.0. The van der Waals surface area contributed by atoms with Crippen LogP contribution in [-0.4, -0.2) is 59.6 Å². The SMILES string of the molecule is CCC/C=C/CCCCCCCCCCCO[C@@H]1[C@@H](O)[C@H](CO)OC[C@H]1O. The highest BCUT2D eigenvalue weighted by Crippen LogP contribution is 2.19. The molecule has 0 aromatic rings. The molecule has 1 aliphatic rings. The molecule has 0 aromatic carbocycles. The molecule has 0 aliphatic carbocycles. The first-order valence-corrected chi connectivity index (χ1v) is 11.1. The van der Waals surface area contributed by atoms with E-state index in [0.29, 0.717) is 6.61 Å². The molecule has 5 heteroatoms. The van der Waals surface area contributed by atoms with Crippen LogP contribution >= 0.6 is 0 Å². The number of aliphatic hydroxyl groups is 3. The third-order valence-corrected chi connectivity index (χ3v) is 5.21. The summed E-state index contributed by atoms with van der Waals surface area (Å²) in [6, 6.07) is 0. The Morgan fingerprint density at radius 1 is 0.889 bits per heavy atom. The molecule has 27 heavy (non-hydrogen) atoms. The van der Waals surface area contributed by atoms with Crippen LogP contribution in [0.2, 0.25) is 0 Å². The summed E-state index contributed by atoms with van der Waals surface area (Å²) >= 11 is 0. The van der Waals surface area contributed by atoms with Gasteiger partial charge in [-0.25, -0.2) is 0 Å². The van der Waals surface area contributed by atoms with Crippen LogP contribution in [0.3, 0.4) is 0 Å². The Kier molecular flexibility index (Phi) is 15.0. The number of rotatable bonds is 16. The number of allylic oxidation sites excluding steroid dienone is 2. The van der Waals surface area contributed by atoms with E-state index < -0.39 is 24.4 Å². The lowest BCUT2D eigenvalue weighted by molar-refractivity contribution is -0.210. The first kappa shape index (κ1) is 24.6. The van der Waals surface area contributed by atoms with Gasteiger partial charge in [0.1, 0.15) is 24.4 Å². The van der Waals surface area contributed by atoms with Crippen molar-refractivity contribution in [1.82, 2.24) is 0 Å². The fraction of sp³-hybridized carbons (Fsp3) is 0.909. The van der Waals surface area contributed by atoms with Gasteiger partial charge in [-0.15, -0.1) is 0 Å². The average Bonchev–Trinajstić information content (AvgIpc) is 2.67. The van der Waals surface area contributed by atoms with Gasteiger partial charge >= 0.3 is 0 Å². The van der Waals surface area contributed by atoms with Crippen LogP contribution in [0.4, 0.5) is 0 Å². The summed E-state index contributed by atoms with van der Waals surface area (Å²) in [5.41, 5.74) is 0. The average molecular weight is 387 g/mol. The van der Waals surface area contributed by atoms with E-state index in [9.17, 15) is 10.2 Å². The lowest BCUT2D eigenvalue weighted by atomic mass is 10.0. The van der Waals surface area contributed by atoms with Crippen molar-refractivity contribution in [3.05, 3.63) is 12.2 Å². The molecule has 0 spiro atoms. The summed E-state index contributed by atoms with van der Waals surface area (Å²) in [6.07, 6.45) is 16.4. The molecular weight excluding hydrogens is 344 g/mol. The van der Waals surface area contributed by atoms with E-state index in [1.54, 1.807) is 0 Å². The molecule has 1 saturated heterocycles. The quantitative estimate of drug-likeness (QED) is 0.278. The Hall–Kier alpha value is -0.460. The largest absolute Gasteiger partial charge is 0.394 e. The van der Waals surface area contributed by atoms with Crippen LogP contribution in [0.1, 0.15) is 84.0 Å². The van der Waals surface area contributed by atoms with Crippen LogP contribution in [-0.2, 0) is 9.47 Å². The van der Waals surface area contributed by atoms with E-state index in [-0.39, 0.29) is 13.2 Å². The minimum Gasteiger partial charge on any atom is -0.394 e. The van der Waals surface area contributed by atoms with Gasteiger partial charge in [0.05, 0.1) is 13.2 Å². The molecule has 0 aromatic heterocycles. The van der Waals surface area contributed by atoms with E-state index in [1.165, 1.54) is 64.2 Å². The minimum atomic E-state index is -0.971. The normalized spacial score (nSPS) is 26.1. The van der Waals surface area contributed by atoms with Gasteiger partial charge in [0, 0.05) is 6.61 Å². The van der Waals surface area contributed by atoms with Crippen molar-refractivity contribution < 1.29 is 24.8 Å². The zero-order valence-electron chi connectivity index (χ0n) is 17.2. The van der Waals surface area contributed by atoms with Gasteiger partial charge in [-0.05, 0) is 25.7 Å². The Morgan fingerprint density at radius 2 is 1.48 bits per heavy atom. The van der Waals surface area contributed by atoms with Gasteiger partial charge in [0.15, 0.2) is 0 Å². The third-order valence-electron chi connectivity index (χ3n) is 5.21. The molecule has 1 fully saturated rings. The van der Waals surface area contributed by atoms with E-state index in [2.05, 4.69) is 19.1 Å².